The van der Waals surface area contributed by atoms with E-state index in [-0.39, 0.29) is 11.6 Å². The average Bonchev–Trinajstić information content (AvgIpc) is 2.78. The number of aliphatic carboxylic acids is 1. The van der Waals surface area contributed by atoms with Crippen LogP contribution in [0.1, 0.15) is 24.2 Å². The largest absolute Gasteiger partial charge is 0.481 e. The van der Waals surface area contributed by atoms with Crippen molar-refractivity contribution in [3.63, 3.8) is 0 Å². The Morgan fingerprint density at radius 1 is 1.26 bits per heavy atom. The normalized spacial score (nSPS) is 14.3. The predicted molar refractivity (Wildman–Crippen MR) is 68.6 cm³/mol. The van der Waals surface area contributed by atoms with Gasteiger partial charge in [-0.05, 0) is 18.2 Å². The SMILES string of the molecule is CC(C(=O)O)C(C)C(=O)c1c[nH]c2cc(F)ccc12. The molecule has 19 heavy (non-hydrogen) atoms. The maximum absolute atomic E-state index is 13.1. The van der Waals surface area contributed by atoms with Gasteiger partial charge in [-0.2, -0.15) is 0 Å². The van der Waals surface area contributed by atoms with Gasteiger partial charge in [0.15, 0.2) is 5.78 Å². The van der Waals surface area contributed by atoms with E-state index in [1.54, 1.807) is 6.92 Å². The van der Waals surface area contributed by atoms with Crippen LogP contribution >= 0.6 is 0 Å². The fourth-order valence-corrected chi connectivity index (χ4v) is 1.99. The molecule has 2 N–H and O–H groups in total. The molecular formula is C14H14FNO3. The molecule has 100 valence electrons. The summed E-state index contributed by atoms with van der Waals surface area (Å²) in [5, 5.41) is 9.55. The first-order chi connectivity index (χ1) is 8.91. The Hall–Kier alpha value is -2.17. The molecule has 2 atom stereocenters. The maximum Gasteiger partial charge on any atom is 0.306 e. The quantitative estimate of drug-likeness (QED) is 0.833. The number of halogens is 1. The van der Waals surface area contributed by atoms with Crippen molar-refractivity contribution in [1.82, 2.24) is 4.98 Å². The monoisotopic (exact) mass is 263 g/mol. The summed E-state index contributed by atoms with van der Waals surface area (Å²) in [5.41, 5.74) is 0.925. The van der Waals surface area contributed by atoms with Crippen LogP contribution in [0.15, 0.2) is 24.4 Å². The number of nitrogens with one attached hydrogen (secondary N) is 1. The lowest BCUT2D eigenvalue weighted by molar-refractivity contribution is -0.142. The molecule has 0 fully saturated rings. The molecule has 4 nitrogen and oxygen atoms in total. The third-order valence-electron chi connectivity index (χ3n) is 3.46. The number of ketones is 1. The van der Waals surface area contributed by atoms with Crippen molar-refractivity contribution in [1.29, 1.82) is 0 Å². The lowest BCUT2D eigenvalue weighted by atomic mass is 9.88. The van der Waals surface area contributed by atoms with E-state index in [1.165, 1.54) is 31.3 Å². The molecule has 5 heteroatoms. The summed E-state index contributed by atoms with van der Waals surface area (Å²) in [6.07, 6.45) is 1.50. The minimum atomic E-state index is -1.01. The van der Waals surface area contributed by atoms with Crippen molar-refractivity contribution in [2.24, 2.45) is 11.8 Å². The fraction of sp³-hybridized carbons (Fsp3) is 0.286. The number of fused-ring (bicyclic) bond motifs is 1. The number of carboxylic acids is 1. The van der Waals surface area contributed by atoms with Gasteiger partial charge in [-0.1, -0.05) is 13.8 Å². The van der Waals surface area contributed by atoms with Gasteiger partial charge < -0.3 is 10.1 Å². The standard InChI is InChI=1S/C14H14FNO3/c1-7(8(2)14(18)19)13(17)11-6-16-12-5-9(15)3-4-10(11)12/h3-8,16H,1-2H3,(H,18,19). The van der Waals surface area contributed by atoms with Crippen molar-refractivity contribution in [3.05, 3.63) is 35.8 Å². The Morgan fingerprint density at radius 3 is 2.58 bits per heavy atom. The minimum absolute atomic E-state index is 0.257. The second kappa shape index (κ2) is 4.84. The first-order valence-corrected chi connectivity index (χ1v) is 5.95. The van der Waals surface area contributed by atoms with Gasteiger partial charge in [-0.15, -0.1) is 0 Å². The molecule has 2 rings (SSSR count). The summed E-state index contributed by atoms with van der Waals surface area (Å²) in [6.45, 7) is 3.09. The van der Waals surface area contributed by atoms with Crippen LogP contribution in [0, 0.1) is 17.7 Å². The number of Topliss-reactive ketones (excluding diaryl/α,β-unsaturated/α-hetero) is 1. The van der Waals surface area contributed by atoms with Crippen molar-refractivity contribution in [3.8, 4) is 0 Å². The first-order valence-electron chi connectivity index (χ1n) is 5.95. The van der Waals surface area contributed by atoms with Crippen molar-refractivity contribution >= 4 is 22.7 Å². The van der Waals surface area contributed by atoms with Crippen molar-refractivity contribution in [2.75, 3.05) is 0 Å². The molecule has 0 amide bonds. The van der Waals surface area contributed by atoms with Crippen molar-refractivity contribution in [2.45, 2.75) is 13.8 Å². The smallest absolute Gasteiger partial charge is 0.306 e. The minimum Gasteiger partial charge on any atom is -0.481 e. The Morgan fingerprint density at radius 2 is 1.95 bits per heavy atom. The first kappa shape index (κ1) is 13.3. The molecule has 2 unspecified atom stereocenters. The van der Waals surface area contributed by atoms with Crippen LogP contribution < -0.4 is 0 Å². The molecular weight excluding hydrogens is 249 g/mol. The van der Waals surface area contributed by atoms with Gasteiger partial charge in [0.1, 0.15) is 5.82 Å². The Balaban J connectivity index is 2.39. The highest BCUT2D eigenvalue weighted by Gasteiger charge is 2.28. The van der Waals surface area contributed by atoms with Crippen LogP contribution in [-0.2, 0) is 4.79 Å². The van der Waals surface area contributed by atoms with Crippen LogP contribution in [0.3, 0.4) is 0 Å². The van der Waals surface area contributed by atoms with E-state index in [2.05, 4.69) is 4.98 Å². The van der Waals surface area contributed by atoms with Crippen LogP contribution in [0.2, 0.25) is 0 Å². The maximum atomic E-state index is 13.1. The highest BCUT2D eigenvalue weighted by molar-refractivity contribution is 6.09. The summed E-state index contributed by atoms with van der Waals surface area (Å²) in [7, 11) is 0. The summed E-state index contributed by atoms with van der Waals surface area (Å²) < 4.78 is 13.1. The molecule has 0 saturated carbocycles. The number of carboxylic acid groups (broad SMARTS) is 1. The molecule has 0 aliphatic carbocycles. The number of carbonyl (C=O) groups excluding carboxylic acids is 1. The molecule has 0 radical (unpaired) electrons. The number of hydrogen-bond acceptors (Lipinski definition) is 2. The second-order valence-corrected chi connectivity index (χ2v) is 4.67. The number of hydrogen-bond donors (Lipinski definition) is 2. The summed E-state index contributed by atoms with van der Waals surface area (Å²) in [4.78, 5) is 26.0. The van der Waals surface area contributed by atoms with E-state index in [4.69, 9.17) is 5.11 Å². The third-order valence-corrected chi connectivity index (χ3v) is 3.46. The van der Waals surface area contributed by atoms with E-state index < -0.39 is 17.8 Å². The van der Waals surface area contributed by atoms with Crippen LogP contribution in [0.25, 0.3) is 10.9 Å². The molecule has 0 saturated heterocycles. The molecule has 1 heterocycles. The lowest BCUT2D eigenvalue weighted by Gasteiger charge is -2.14. The summed E-state index contributed by atoms with van der Waals surface area (Å²) in [5.74, 6) is -3.06. The number of H-pyrrole nitrogens is 1. The number of rotatable bonds is 4. The summed E-state index contributed by atoms with van der Waals surface area (Å²) >= 11 is 0. The van der Waals surface area contributed by atoms with Gasteiger partial charge in [0, 0.05) is 28.6 Å². The van der Waals surface area contributed by atoms with E-state index in [1.807, 2.05) is 0 Å². The molecule has 0 spiro atoms. The van der Waals surface area contributed by atoms with Crippen LogP contribution in [0.5, 0.6) is 0 Å². The van der Waals surface area contributed by atoms with Crippen LogP contribution in [0.4, 0.5) is 4.39 Å². The van der Waals surface area contributed by atoms with Gasteiger partial charge >= 0.3 is 5.97 Å². The highest BCUT2D eigenvalue weighted by atomic mass is 19.1. The predicted octanol–water partition coefficient (Wildman–Crippen LogP) is 2.85. The molecule has 0 aliphatic heterocycles. The topological polar surface area (TPSA) is 70.2 Å². The third kappa shape index (κ3) is 2.36. The molecule has 1 aromatic carbocycles. The Kier molecular flexibility index (Phi) is 3.38. The summed E-state index contributed by atoms with van der Waals surface area (Å²) in [6, 6.07) is 4.10. The van der Waals surface area contributed by atoms with E-state index in [9.17, 15) is 14.0 Å². The number of carbonyl (C=O) groups is 2. The Bertz CT molecular complexity index is 647. The van der Waals surface area contributed by atoms with Gasteiger partial charge in [-0.25, -0.2) is 4.39 Å². The molecule has 2 aromatic rings. The van der Waals surface area contributed by atoms with Crippen LogP contribution in [-0.4, -0.2) is 21.8 Å². The van der Waals surface area contributed by atoms with Gasteiger partial charge in [-0.3, -0.25) is 9.59 Å². The number of aromatic amines is 1. The zero-order chi connectivity index (χ0) is 14.2. The molecule has 0 aliphatic rings. The fourth-order valence-electron chi connectivity index (χ4n) is 1.99. The van der Waals surface area contributed by atoms with E-state index in [0.29, 0.717) is 16.5 Å². The molecule has 1 aromatic heterocycles. The zero-order valence-corrected chi connectivity index (χ0v) is 10.6. The second-order valence-electron chi connectivity index (χ2n) is 4.67. The van der Waals surface area contributed by atoms with Gasteiger partial charge in [0.2, 0.25) is 0 Å². The lowest BCUT2D eigenvalue weighted by Crippen LogP contribution is -2.25. The van der Waals surface area contributed by atoms with E-state index in [0.717, 1.165) is 0 Å². The highest BCUT2D eigenvalue weighted by Crippen LogP contribution is 2.24. The van der Waals surface area contributed by atoms with Gasteiger partial charge in [0.05, 0.1) is 5.92 Å². The Labute approximate surface area is 109 Å². The number of aromatic nitrogens is 1. The average molecular weight is 263 g/mol. The van der Waals surface area contributed by atoms with Crippen molar-refractivity contribution < 1.29 is 19.1 Å². The zero-order valence-electron chi connectivity index (χ0n) is 10.6. The number of benzene rings is 1. The van der Waals surface area contributed by atoms with Gasteiger partial charge in [0.25, 0.3) is 0 Å². The molecule has 0 bridgehead atoms. The van der Waals surface area contributed by atoms with E-state index >= 15 is 0 Å².